The van der Waals surface area contributed by atoms with Crippen LogP contribution in [0.4, 0.5) is 0 Å². The van der Waals surface area contributed by atoms with E-state index in [2.05, 4.69) is 200 Å². The third-order valence-electron chi connectivity index (χ3n) is 10.5. The van der Waals surface area contributed by atoms with Gasteiger partial charge in [0, 0.05) is 16.7 Å². The molecular formula is C53H35N3. The Morgan fingerprint density at radius 2 is 0.607 bits per heavy atom. The van der Waals surface area contributed by atoms with Gasteiger partial charge in [-0.2, -0.15) is 0 Å². The fourth-order valence-electron chi connectivity index (χ4n) is 7.58. The van der Waals surface area contributed by atoms with Crippen molar-refractivity contribution in [2.45, 2.75) is 0 Å². The first kappa shape index (κ1) is 33.1. The molecule has 9 aromatic carbocycles. The van der Waals surface area contributed by atoms with Crippen LogP contribution in [-0.2, 0) is 0 Å². The Labute approximate surface area is 326 Å². The number of benzene rings is 9. The van der Waals surface area contributed by atoms with E-state index < -0.39 is 0 Å². The van der Waals surface area contributed by atoms with Crippen LogP contribution in [0.3, 0.4) is 0 Å². The van der Waals surface area contributed by atoms with E-state index in [1.54, 1.807) is 0 Å². The van der Waals surface area contributed by atoms with E-state index in [9.17, 15) is 0 Å². The summed E-state index contributed by atoms with van der Waals surface area (Å²) >= 11 is 0. The highest BCUT2D eigenvalue weighted by Gasteiger charge is 2.15. The van der Waals surface area contributed by atoms with E-state index in [0.717, 1.165) is 38.8 Å². The summed E-state index contributed by atoms with van der Waals surface area (Å²) in [7, 11) is 0. The van der Waals surface area contributed by atoms with Gasteiger partial charge in [-0.25, -0.2) is 15.0 Å². The zero-order valence-electron chi connectivity index (χ0n) is 30.5. The molecule has 0 saturated carbocycles. The van der Waals surface area contributed by atoms with Crippen molar-refractivity contribution in [3.63, 3.8) is 0 Å². The van der Waals surface area contributed by atoms with E-state index in [4.69, 9.17) is 15.0 Å². The number of rotatable bonds is 7. The minimum Gasteiger partial charge on any atom is -0.208 e. The molecule has 0 spiro atoms. The molecule has 262 valence electrons. The molecule has 56 heavy (non-hydrogen) atoms. The van der Waals surface area contributed by atoms with Crippen LogP contribution in [0.5, 0.6) is 0 Å². The van der Waals surface area contributed by atoms with E-state index in [0.29, 0.717) is 17.5 Å². The Balaban J connectivity index is 1.07. The van der Waals surface area contributed by atoms with E-state index in [1.807, 2.05) is 12.1 Å². The second-order valence-corrected chi connectivity index (χ2v) is 14.1. The molecule has 0 unspecified atom stereocenters. The molecule has 1 heterocycles. The molecule has 0 aliphatic carbocycles. The van der Waals surface area contributed by atoms with E-state index in [1.165, 1.54) is 44.0 Å². The summed E-state index contributed by atoms with van der Waals surface area (Å²) in [5.41, 5.74) is 12.1. The minimum absolute atomic E-state index is 0.628. The monoisotopic (exact) mass is 713 g/mol. The summed E-state index contributed by atoms with van der Waals surface area (Å²) in [6.45, 7) is 0. The Morgan fingerprint density at radius 1 is 0.214 bits per heavy atom. The van der Waals surface area contributed by atoms with Crippen LogP contribution in [0.1, 0.15) is 0 Å². The molecule has 0 aliphatic rings. The predicted molar refractivity (Wildman–Crippen MR) is 233 cm³/mol. The molecule has 0 bridgehead atoms. The number of hydrogen-bond acceptors (Lipinski definition) is 3. The molecular weight excluding hydrogens is 679 g/mol. The summed E-state index contributed by atoms with van der Waals surface area (Å²) in [4.78, 5) is 15.4. The lowest BCUT2D eigenvalue weighted by molar-refractivity contribution is 1.07. The van der Waals surface area contributed by atoms with Gasteiger partial charge in [-0.1, -0.05) is 188 Å². The van der Waals surface area contributed by atoms with Crippen LogP contribution >= 0.6 is 0 Å². The molecule has 0 atom stereocenters. The molecule has 0 aliphatic heterocycles. The van der Waals surface area contributed by atoms with Crippen LogP contribution in [-0.4, -0.2) is 15.0 Å². The van der Waals surface area contributed by atoms with E-state index >= 15 is 0 Å². The van der Waals surface area contributed by atoms with E-state index in [-0.39, 0.29) is 0 Å². The van der Waals surface area contributed by atoms with Gasteiger partial charge in [0.05, 0.1) is 0 Å². The molecule has 0 radical (unpaired) electrons. The van der Waals surface area contributed by atoms with Crippen LogP contribution in [0.25, 0.3) is 100 Å². The standard InChI is InChI=1S/C53H35N3/c1-3-12-36(13-4-1)41-18-9-19-42(32-41)43-20-10-21-47(34-43)52-54-51(40-26-24-39(25-27-40)50-23-11-17-38-16-7-8-22-49(38)50)55-53(56-52)48-31-30-45-33-44(28-29-46(45)35-48)37-14-5-2-6-15-37/h1-35H. The quantitative estimate of drug-likeness (QED) is 0.165. The van der Waals surface area contributed by atoms with Crippen molar-refractivity contribution >= 4 is 21.5 Å². The largest absolute Gasteiger partial charge is 0.208 e. The number of hydrogen-bond donors (Lipinski definition) is 0. The Morgan fingerprint density at radius 3 is 1.27 bits per heavy atom. The highest BCUT2D eigenvalue weighted by atomic mass is 15.0. The first-order valence-corrected chi connectivity index (χ1v) is 18.9. The highest BCUT2D eigenvalue weighted by molar-refractivity contribution is 5.97. The average Bonchev–Trinajstić information content (AvgIpc) is 3.29. The van der Waals surface area contributed by atoms with Crippen molar-refractivity contribution in [1.29, 1.82) is 0 Å². The summed E-state index contributed by atoms with van der Waals surface area (Å²) in [6, 6.07) is 74.8. The lowest BCUT2D eigenvalue weighted by Crippen LogP contribution is -2.00. The Hall–Kier alpha value is -7.49. The third kappa shape index (κ3) is 6.52. The van der Waals surface area contributed by atoms with Gasteiger partial charge in [0.1, 0.15) is 0 Å². The topological polar surface area (TPSA) is 38.7 Å². The zero-order chi connectivity index (χ0) is 37.3. The fourth-order valence-corrected chi connectivity index (χ4v) is 7.58. The van der Waals surface area contributed by atoms with Gasteiger partial charge in [0.25, 0.3) is 0 Å². The summed E-state index contributed by atoms with van der Waals surface area (Å²) in [5.74, 6) is 1.89. The van der Waals surface area contributed by atoms with Crippen molar-refractivity contribution in [2.24, 2.45) is 0 Å². The highest BCUT2D eigenvalue weighted by Crippen LogP contribution is 2.34. The minimum atomic E-state index is 0.628. The first-order chi connectivity index (χ1) is 27.7. The van der Waals surface area contributed by atoms with Crippen molar-refractivity contribution in [2.75, 3.05) is 0 Å². The SMILES string of the molecule is c1ccc(-c2cccc(-c3cccc(-c4nc(-c5ccc(-c6cccc7ccccc67)cc5)nc(-c5ccc6cc(-c7ccccc7)ccc6c5)n4)c3)c2)cc1. The molecule has 0 N–H and O–H groups in total. The van der Waals surface area contributed by atoms with Gasteiger partial charge in [-0.05, 0) is 90.3 Å². The first-order valence-electron chi connectivity index (χ1n) is 18.9. The molecule has 10 rings (SSSR count). The van der Waals surface area contributed by atoms with Crippen molar-refractivity contribution < 1.29 is 0 Å². The van der Waals surface area contributed by atoms with Gasteiger partial charge >= 0.3 is 0 Å². The lowest BCUT2D eigenvalue weighted by Gasteiger charge is -2.12. The molecule has 1 aromatic heterocycles. The summed E-state index contributed by atoms with van der Waals surface area (Å²) < 4.78 is 0. The number of aromatic nitrogens is 3. The number of nitrogens with zero attached hydrogens (tertiary/aromatic N) is 3. The molecule has 0 fully saturated rings. The third-order valence-corrected chi connectivity index (χ3v) is 10.5. The number of fused-ring (bicyclic) bond motifs is 2. The Kier molecular flexibility index (Phi) is 8.51. The fraction of sp³-hybridized carbons (Fsp3) is 0. The zero-order valence-corrected chi connectivity index (χ0v) is 30.5. The molecule has 3 nitrogen and oxygen atoms in total. The maximum absolute atomic E-state index is 5.15. The van der Waals surface area contributed by atoms with Crippen LogP contribution < -0.4 is 0 Å². The van der Waals surface area contributed by atoms with Gasteiger partial charge in [-0.15, -0.1) is 0 Å². The normalized spacial score (nSPS) is 11.2. The maximum atomic E-state index is 5.15. The van der Waals surface area contributed by atoms with Gasteiger partial charge in [0.15, 0.2) is 17.5 Å². The lowest BCUT2D eigenvalue weighted by atomic mass is 9.97. The van der Waals surface area contributed by atoms with Gasteiger partial charge < -0.3 is 0 Å². The smallest absolute Gasteiger partial charge is 0.164 e. The van der Waals surface area contributed by atoms with Gasteiger partial charge in [0.2, 0.25) is 0 Å². The predicted octanol–water partition coefficient (Wildman–Crippen LogP) is 13.8. The van der Waals surface area contributed by atoms with Crippen molar-refractivity contribution in [3.8, 4) is 78.7 Å². The Bertz CT molecular complexity index is 3000. The second kappa shape index (κ2) is 14.4. The van der Waals surface area contributed by atoms with Gasteiger partial charge in [-0.3, -0.25) is 0 Å². The second-order valence-electron chi connectivity index (χ2n) is 14.1. The maximum Gasteiger partial charge on any atom is 0.164 e. The molecule has 0 amide bonds. The van der Waals surface area contributed by atoms with Crippen LogP contribution in [0, 0.1) is 0 Å². The summed E-state index contributed by atoms with van der Waals surface area (Å²) in [5, 5.41) is 4.75. The summed E-state index contributed by atoms with van der Waals surface area (Å²) in [6.07, 6.45) is 0. The van der Waals surface area contributed by atoms with Crippen molar-refractivity contribution in [3.05, 3.63) is 212 Å². The average molecular weight is 714 g/mol. The van der Waals surface area contributed by atoms with Crippen LogP contribution in [0.2, 0.25) is 0 Å². The molecule has 10 aromatic rings. The van der Waals surface area contributed by atoms with Crippen molar-refractivity contribution in [1.82, 2.24) is 15.0 Å². The van der Waals surface area contributed by atoms with Crippen LogP contribution in [0.15, 0.2) is 212 Å². The molecule has 0 saturated heterocycles. The molecule has 3 heteroatoms.